The van der Waals surface area contributed by atoms with E-state index in [4.69, 9.17) is 14.6 Å². The fourth-order valence-electron chi connectivity index (χ4n) is 4.04. The first-order chi connectivity index (χ1) is 16.0. The predicted molar refractivity (Wildman–Crippen MR) is 130 cm³/mol. The molecule has 0 saturated heterocycles. The molecule has 1 N–H and O–H groups in total. The van der Waals surface area contributed by atoms with Gasteiger partial charge in [0.2, 0.25) is 5.88 Å². The van der Waals surface area contributed by atoms with Crippen molar-refractivity contribution in [3.8, 4) is 22.9 Å². The van der Waals surface area contributed by atoms with E-state index < -0.39 is 6.10 Å². The normalized spacial score (nSPS) is 14.4. The maximum absolute atomic E-state index is 10.6. The number of ether oxygens (including phenoxy) is 2. The van der Waals surface area contributed by atoms with Crippen molar-refractivity contribution in [2.24, 2.45) is 7.05 Å². The monoisotopic (exact) mass is 447 g/mol. The molecule has 33 heavy (non-hydrogen) atoms. The van der Waals surface area contributed by atoms with Crippen LogP contribution in [-0.2, 0) is 18.3 Å². The van der Waals surface area contributed by atoms with Crippen molar-refractivity contribution in [3.05, 3.63) is 78.4 Å². The molecule has 6 heteroatoms. The summed E-state index contributed by atoms with van der Waals surface area (Å²) in [6.07, 6.45) is 3.40. The van der Waals surface area contributed by atoms with Gasteiger partial charge in [-0.3, -0.25) is 4.90 Å². The minimum atomic E-state index is -0.566. The molecule has 1 aliphatic carbocycles. The van der Waals surface area contributed by atoms with E-state index in [1.54, 1.807) is 6.08 Å². The molecule has 2 aromatic carbocycles. The zero-order valence-corrected chi connectivity index (χ0v) is 19.5. The van der Waals surface area contributed by atoms with E-state index in [1.165, 1.54) is 0 Å². The molecule has 1 aliphatic rings. The lowest BCUT2D eigenvalue weighted by atomic mass is 10.1. The van der Waals surface area contributed by atoms with Gasteiger partial charge in [0.25, 0.3) is 0 Å². The Balaban J connectivity index is 1.64. The number of hydrogen-bond donors (Lipinski definition) is 1. The van der Waals surface area contributed by atoms with Crippen LogP contribution in [0, 0.1) is 6.92 Å². The lowest BCUT2D eigenvalue weighted by Gasteiger charge is -2.25. The van der Waals surface area contributed by atoms with Crippen LogP contribution in [0.3, 0.4) is 0 Å². The lowest BCUT2D eigenvalue weighted by Crippen LogP contribution is -2.36. The summed E-state index contributed by atoms with van der Waals surface area (Å²) in [6.45, 7) is 7.63. The van der Waals surface area contributed by atoms with E-state index in [2.05, 4.69) is 36.6 Å². The smallest absolute Gasteiger partial charge is 0.222 e. The van der Waals surface area contributed by atoms with Gasteiger partial charge in [0.05, 0.1) is 24.9 Å². The van der Waals surface area contributed by atoms with E-state index in [0.29, 0.717) is 32.3 Å². The van der Waals surface area contributed by atoms with Gasteiger partial charge in [0.15, 0.2) is 0 Å². The molecular weight excluding hydrogens is 414 g/mol. The summed E-state index contributed by atoms with van der Waals surface area (Å²) >= 11 is 0. The van der Waals surface area contributed by atoms with Gasteiger partial charge in [-0.1, -0.05) is 48.5 Å². The van der Waals surface area contributed by atoms with Crippen molar-refractivity contribution < 1.29 is 14.6 Å². The first-order valence-corrected chi connectivity index (χ1v) is 11.5. The highest BCUT2D eigenvalue weighted by atomic mass is 16.5. The predicted octanol–water partition coefficient (Wildman–Crippen LogP) is 4.72. The van der Waals surface area contributed by atoms with Crippen molar-refractivity contribution >= 4 is 0 Å². The Bertz CT molecular complexity index is 1060. The van der Waals surface area contributed by atoms with Crippen LogP contribution in [0.15, 0.2) is 67.3 Å². The van der Waals surface area contributed by atoms with Crippen LogP contribution < -0.4 is 4.74 Å². The number of aliphatic hydroxyl groups is 1. The fraction of sp³-hybridized carbons (Fsp3) is 0.370. The molecule has 0 unspecified atom stereocenters. The summed E-state index contributed by atoms with van der Waals surface area (Å²) in [6, 6.07) is 18.7. The van der Waals surface area contributed by atoms with Gasteiger partial charge in [-0.2, -0.15) is 5.10 Å². The minimum absolute atomic E-state index is 0.292. The minimum Gasteiger partial charge on any atom is -0.439 e. The third-order valence-corrected chi connectivity index (χ3v) is 5.75. The number of nitrogens with zero attached hydrogens (tertiary/aromatic N) is 3. The van der Waals surface area contributed by atoms with Crippen molar-refractivity contribution in [2.75, 3.05) is 19.8 Å². The van der Waals surface area contributed by atoms with E-state index in [0.717, 1.165) is 46.9 Å². The van der Waals surface area contributed by atoms with Gasteiger partial charge in [-0.25, -0.2) is 4.68 Å². The molecule has 1 aromatic heterocycles. The van der Waals surface area contributed by atoms with Gasteiger partial charge < -0.3 is 14.6 Å². The Morgan fingerprint density at radius 1 is 1.21 bits per heavy atom. The molecule has 0 radical (unpaired) electrons. The standard InChI is InChI=1S/C27H33N3O3/c1-4-15-32-19-23(31)17-30(22-13-14-22)18-25-26(21-10-6-5-7-11-21)28-29(3)27(25)33-24-12-8-9-20(2)16-24/h4-12,16,22-23,31H,1,13-15,17-19H2,2-3H3/t23-/m1/s1. The lowest BCUT2D eigenvalue weighted by molar-refractivity contribution is 0.0227. The first-order valence-electron chi connectivity index (χ1n) is 11.5. The maximum Gasteiger partial charge on any atom is 0.222 e. The number of rotatable bonds is 12. The number of hydrogen-bond acceptors (Lipinski definition) is 5. The number of aryl methyl sites for hydroxylation is 2. The second kappa shape index (κ2) is 10.8. The molecule has 1 fully saturated rings. The van der Waals surface area contributed by atoms with Crippen LogP contribution in [0.1, 0.15) is 24.0 Å². The Hall–Kier alpha value is -2.93. The van der Waals surface area contributed by atoms with Gasteiger partial charge in [-0.05, 0) is 37.5 Å². The average Bonchev–Trinajstić information content (AvgIpc) is 3.61. The average molecular weight is 448 g/mol. The molecule has 1 atom stereocenters. The van der Waals surface area contributed by atoms with E-state index >= 15 is 0 Å². The molecule has 6 nitrogen and oxygen atoms in total. The topological polar surface area (TPSA) is 59.8 Å². The highest BCUT2D eigenvalue weighted by Crippen LogP contribution is 2.37. The molecule has 1 heterocycles. The van der Waals surface area contributed by atoms with Crippen LogP contribution in [0.25, 0.3) is 11.3 Å². The van der Waals surface area contributed by atoms with Crippen LogP contribution in [0.2, 0.25) is 0 Å². The molecule has 3 aromatic rings. The largest absolute Gasteiger partial charge is 0.439 e. The summed E-state index contributed by atoms with van der Waals surface area (Å²) in [7, 11) is 1.92. The molecule has 0 aliphatic heterocycles. The Morgan fingerprint density at radius 2 is 2.00 bits per heavy atom. The zero-order chi connectivity index (χ0) is 23.2. The van der Waals surface area contributed by atoms with E-state index in [-0.39, 0.29) is 0 Å². The molecule has 0 bridgehead atoms. The quantitative estimate of drug-likeness (QED) is 0.322. The summed E-state index contributed by atoms with van der Waals surface area (Å²) in [4.78, 5) is 2.33. The van der Waals surface area contributed by atoms with Gasteiger partial charge in [-0.15, -0.1) is 6.58 Å². The van der Waals surface area contributed by atoms with Crippen LogP contribution in [-0.4, -0.2) is 51.7 Å². The SMILES string of the molecule is C=CCOC[C@H](O)CN(Cc1c(-c2ccccc2)nn(C)c1Oc1cccc(C)c1)C1CC1. The molecule has 0 amide bonds. The Labute approximate surface area is 196 Å². The Morgan fingerprint density at radius 3 is 2.70 bits per heavy atom. The van der Waals surface area contributed by atoms with Crippen LogP contribution in [0.4, 0.5) is 0 Å². The number of aliphatic hydroxyl groups excluding tert-OH is 1. The van der Waals surface area contributed by atoms with Gasteiger partial charge in [0, 0.05) is 31.7 Å². The Kier molecular flexibility index (Phi) is 7.60. The third kappa shape index (κ3) is 6.11. The van der Waals surface area contributed by atoms with Crippen LogP contribution >= 0.6 is 0 Å². The summed E-state index contributed by atoms with van der Waals surface area (Å²) in [5, 5.41) is 15.4. The molecule has 174 valence electrons. The number of aromatic nitrogens is 2. The first kappa shape index (κ1) is 23.2. The fourth-order valence-corrected chi connectivity index (χ4v) is 4.04. The van der Waals surface area contributed by atoms with E-state index in [9.17, 15) is 5.11 Å². The number of benzene rings is 2. The van der Waals surface area contributed by atoms with Gasteiger partial charge >= 0.3 is 0 Å². The van der Waals surface area contributed by atoms with Crippen molar-refractivity contribution in [2.45, 2.75) is 38.5 Å². The maximum atomic E-state index is 10.6. The van der Waals surface area contributed by atoms with Crippen LogP contribution in [0.5, 0.6) is 11.6 Å². The zero-order valence-electron chi connectivity index (χ0n) is 19.5. The molecule has 0 spiro atoms. The summed E-state index contributed by atoms with van der Waals surface area (Å²) in [5.41, 5.74) is 4.12. The van der Waals surface area contributed by atoms with E-state index in [1.807, 2.05) is 48.1 Å². The second-order valence-corrected chi connectivity index (χ2v) is 8.68. The molecule has 4 rings (SSSR count). The van der Waals surface area contributed by atoms with Crippen molar-refractivity contribution in [3.63, 3.8) is 0 Å². The molecule has 1 saturated carbocycles. The van der Waals surface area contributed by atoms with Crippen molar-refractivity contribution in [1.82, 2.24) is 14.7 Å². The third-order valence-electron chi connectivity index (χ3n) is 5.75. The van der Waals surface area contributed by atoms with Crippen molar-refractivity contribution in [1.29, 1.82) is 0 Å². The second-order valence-electron chi connectivity index (χ2n) is 8.68. The molecular formula is C27H33N3O3. The highest BCUT2D eigenvalue weighted by Gasteiger charge is 2.33. The summed E-state index contributed by atoms with van der Waals surface area (Å²) < 4.78 is 13.7. The van der Waals surface area contributed by atoms with Gasteiger partial charge in [0.1, 0.15) is 11.4 Å². The highest BCUT2D eigenvalue weighted by molar-refractivity contribution is 5.65. The summed E-state index contributed by atoms with van der Waals surface area (Å²) in [5.74, 6) is 1.51.